The number of aryl methyl sites for hydroxylation is 1. The maximum atomic E-state index is 12.3. The van der Waals surface area contributed by atoms with Crippen LogP contribution in [-0.4, -0.2) is 17.4 Å². The van der Waals surface area contributed by atoms with Crippen LogP contribution in [0.4, 0.5) is 0 Å². The highest BCUT2D eigenvalue weighted by atomic mass is 35.5. The van der Waals surface area contributed by atoms with Crippen molar-refractivity contribution in [2.75, 3.05) is 6.54 Å². The third-order valence-corrected chi connectivity index (χ3v) is 4.64. The number of amides is 1. The van der Waals surface area contributed by atoms with Crippen LogP contribution in [0.5, 0.6) is 0 Å². The van der Waals surface area contributed by atoms with Crippen molar-refractivity contribution in [1.29, 1.82) is 5.26 Å². The van der Waals surface area contributed by atoms with E-state index in [9.17, 15) is 4.79 Å². The van der Waals surface area contributed by atoms with Crippen LogP contribution in [0.25, 0.3) is 0 Å². The Hall–Kier alpha value is -1.83. The molecule has 2 aromatic rings. The molecule has 0 aliphatic carbocycles. The largest absolute Gasteiger partial charge is 0.338 e. The highest BCUT2D eigenvalue weighted by Gasteiger charge is 2.13. The first-order chi connectivity index (χ1) is 10.6. The number of carbonyl (C=O) groups is 1. The molecular weight excluding hydrogens is 316 g/mol. The van der Waals surface area contributed by atoms with E-state index in [0.29, 0.717) is 31.5 Å². The molecule has 0 saturated carbocycles. The predicted molar refractivity (Wildman–Crippen MR) is 89.9 cm³/mol. The van der Waals surface area contributed by atoms with Gasteiger partial charge >= 0.3 is 0 Å². The zero-order valence-corrected chi connectivity index (χ0v) is 14.0. The molecule has 0 atom stereocenters. The number of rotatable bonds is 6. The van der Waals surface area contributed by atoms with Crippen molar-refractivity contribution in [2.24, 2.45) is 0 Å². The van der Waals surface area contributed by atoms with E-state index in [2.05, 4.69) is 6.07 Å². The lowest BCUT2D eigenvalue weighted by molar-refractivity contribution is -0.131. The van der Waals surface area contributed by atoms with Gasteiger partial charge in [-0.3, -0.25) is 4.79 Å². The molecule has 114 valence electrons. The number of nitriles is 1. The molecule has 0 aliphatic rings. The van der Waals surface area contributed by atoms with Crippen LogP contribution in [0.15, 0.2) is 36.4 Å². The van der Waals surface area contributed by atoms with Gasteiger partial charge in [-0.2, -0.15) is 5.26 Å². The van der Waals surface area contributed by atoms with Gasteiger partial charge in [0.2, 0.25) is 5.91 Å². The number of benzene rings is 1. The molecule has 1 amide bonds. The Morgan fingerprint density at radius 1 is 1.27 bits per heavy atom. The van der Waals surface area contributed by atoms with Crippen molar-refractivity contribution in [3.05, 3.63) is 56.7 Å². The van der Waals surface area contributed by atoms with Gasteiger partial charge in [0, 0.05) is 17.8 Å². The van der Waals surface area contributed by atoms with E-state index in [1.807, 2.05) is 36.1 Å². The first-order valence-electron chi connectivity index (χ1n) is 7.13. The van der Waals surface area contributed by atoms with Crippen molar-refractivity contribution < 1.29 is 4.79 Å². The number of halogens is 1. The molecule has 1 aromatic carbocycles. The summed E-state index contributed by atoms with van der Waals surface area (Å²) in [5.74, 6) is 0.136. The average Bonchev–Trinajstić information content (AvgIpc) is 2.96. The monoisotopic (exact) mass is 332 g/mol. The molecule has 0 unspecified atom stereocenters. The summed E-state index contributed by atoms with van der Waals surface area (Å²) in [6, 6.07) is 13.3. The van der Waals surface area contributed by atoms with Gasteiger partial charge in [-0.05, 0) is 43.2 Å². The molecule has 0 fully saturated rings. The highest BCUT2D eigenvalue weighted by molar-refractivity contribution is 7.16. The lowest BCUT2D eigenvalue weighted by Crippen LogP contribution is -2.30. The number of nitrogens with zero attached hydrogens (tertiary/aromatic N) is 2. The average molecular weight is 333 g/mol. The van der Waals surface area contributed by atoms with Crippen molar-refractivity contribution in [3.63, 3.8) is 0 Å². The van der Waals surface area contributed by atoms with Gasteiger partial charge in [-0.1, -0.05) is 23.7 Å². The molecule has 3 nitrogen and oxygen atoms in total. The normalized spacial score (nSPS) is 10.2. The lowest BCUT2D eigenvalue weighted by atomic mass is 10.1. The van der Waals surface area contributed by atoms with E-state index in [-0.39, 0.29) is 5.91 Å². The fourth-order valence-electron chi connectivity index (χ4n) is 2.16. The second-order valence-electron chi connectivity index (χ2n) is 4.92. The van der Waals surface area contributed by atoms with Gasteiger partial charge in [0.25, 0.3) is 0 Å². The molecule has 0 bridgehead atoms. The molecule has 2 rings (SSSR count). The van der Waals surface area contributed by atoms with Gasteiger partial charge in [-0.25, -0.2) is 0 Å². The smallest absolute Gasteiger partial charge is 0.223 e. The molecule has 1 aromatic heterocycles. The Labute approximate surface area is 139 Å². The Bertz CT molecular complexity index is 673. The number of carbonyl (C=O) groups excluding carboxylic acids is 1. The maximum absolute atomic E-state index is 12.3. The zero-order valence-electron chi connectivity index (χ0n) is 12.4. The summed E-state index contributed by atoms with van der Waals surface area (Å²) in [5.41, 5.74) is 1.71. The fraction of sp³-hybridized carbons (Fsp3) is 0.294. The highest BCUT2D eigenvalue weighted by Crippen LogP contribution is 2.23. The minimum Gasteiger partial charge on any atom is -0.338 e. The number of hydrogen-bond donors (Lipinski definition) is 0. The molecule has 0 spiro atoms. The minimum absolute atomic E-state index is 0.136. The first kappa shape index (κ1) is 16.5. The fourth-order valence-corrected chi connectivity index (χ4v) is 3.26. The van der Waals surface area contributed by atoms with Crippen molar-refractivity contribution in [3.8, 4) is 6.07 Å². The van der Waals surface area contributed by atoms with E-state index < -0.39 is 0 Å². The van der Waals surface area contributed by atoms with Crippen LogP contribution in [0, 0.1) is 11.3 Å². The van der Waals surface area contributed by atoms with Gasteiger partial charge in [-0.15, -0.1) is 11.3 Å². The minimum atomic E-state index is 0.136. The summed E-state index contributed by atoms with van der Waals surface area (Å²) < 4.78 is 0.746. The summed E-state index contributed by atoms with van der Waals surface area (Å²) in [7, 11) is 0. The molecule has 1 heterocycles. The van der Waals surface area contributed by atoms with E-state index in [1.165, 1.54) is 11.3 Å². The van der Waals surface area contributed by atoms with Crippen LogP contribution in [0.2, 0.25) is 4.34 Å². The van der Waals surface area contributed by atoms with Crippen LogP contribution in [0.1, 0.15) is 29.3 Å². The van der Waals surface area contributed by atoms with Crippen molar-refractivity contribution in [1.82, 2.24) is 4.90 Å². The van der Waals surface area contributed by atoms with Gasteiger partial charge in [0.15, 0.2) is 0 Å². The van der Waals surface area contributed by atoms with Gasteiger partial charge in [0.05, 0.1) is 22.5 Å². The van der Waals surface area contributed by atoms with E-state index in [1.54, 1.807) is 12.1 Å². The summed E-state index contributed by atoms with van der Waals surface area (Å²) >= 11 is 7.43. The summed E-state index contributed by atoms with van der Waals surface area (Å²) in [5, 5.41) is 8.77. The summed E-state index contributed by atoms with van der Waals surface area (Å²) in [6.07, 6.45) is 1.16. The Kier molecular flexibility index (Phi) is 6.00. The standard InChI is InChI=1S/C17H17ClN2OS/c1-2-20(12-15-8-9-16(18)22-15)17(21)10-7-13-3-5-14(11-19)6-4-13/h3-6,8-9H,2,7,10,12H2,1H3. The van der Waals surface area contributed by atoms with Gasteiger partial charge in [0.1, 0.15) is 0 Å². The predicted octanol–water partition coefficient (Wildman–Crippen LogP) is 4.25. The Morgan fingerprint density at radius 2 is 2.00 bits per heavy atom. The molecule has 0 N–H and O–H groups in total. The van der Waals surface area contributed by atoms with Crippen LogP contribution in [0.3, 0.4) is 0 Å². The first-order valence-corrected chi connectivity index (χ1v) is 8.33. The molecule has 5 heteroatoms. The topological polar surface area (TPSA) is 44.1 Å². The Balaban J connectivity index is 1.90. The maximum Gasteiger partial charge on any atom is 0.223 e. The molecular formula is C17H17ClN2OS. The third-order valence-electron chi connectivity index (χ3n) is 3.42. The van der Waals surface area contributed by atoms with E-state index in [4.69, 9.17) is 16.9 Å². The number of hydrogen-bond acceptors (Lipinski definition) is 3. The Morgan fingerprint density at radius 3 is 2.55 bits per heavy atom. The quantitative estimate of drug-likeness (QED) is 0.793. The van der Waals surface area contributed by atoms with Crippen LogP contribution in [-0.2, 0) is 17.8 Å². The zero-order chi connectivity index (χ0) is 15.9. The van der Waals surface area contributed by atoms with Crippen molar-refractivity contribution in [2.45, 2.75) is 26.3 Å². The van der Waals surface area contributed by atoms with Crippen LogP contribution >= 0.6 is 22.9 Å². The number of thiophene rings is 1. The molecule has 0 aliphatic heterocycles. The SMILES string of the molecule is CCN(Cc1ccc(Cl)s1)C(=O)CCc1ccc(C#N)cc1. The summed E-state index contributed by atoms with van der Waals surface area (Å²) in [6.45, 7) is 3.27. The second kappa shape index (κ2) is 7.98. The summed E-state index contributed by atoms with van der Waals surface area (Å²) in [4.78, 5) is 15.3. The lowest BCUT2D eigenvalue weighted by Gasteiger charge is -2.20. The second-order valence-corrected chi connectivity index (χ2v) is 6.72. The van der Waals surface area contributed by atoms with E-state index >= 15 is 0 Å². The van der Waals surface area contributed by atoms with Crippen molar-refractivity contribution >= 4 is 28.8 Å². The third kappa shape index (κ3) is 4.59. The molecule has 0 saturated heterocycles. The van der Waals surface area contributed by atoms with Gasteiger partial charge < -0.3 is 4.90 Å². The molecule has 22 heavy (non-hydrogen) atoms. The van der Waals surface area contributed by atoms with Crippen LogP contribution < -0.4 is 0 Å². The molecule has 0 radical (unpaired) electrons. The van der Waals surface area contributed by atoms with E-state index in [0.717, 1.165) is 14.8 Å².